The van der Waals surface area contributed by atoms with Crippen LogP contribution in [0, 0.1) is 5.82 Å². The van der Waals surface area contributed by atoms with E-state index in [4.69, 9.17) is 11.6 Å². The number of aryl methyl sites for hydroxylation is 1. The van der Waals surface area contributed by atoms with Crippen molar-refractivity contribution < 1.29 is 17.9 Å². The summed E-state index contributed by atoms with van der Waals surface area (Å²) in [5, 5.41) is -0.320. The van der Waals surface area contributed by atoms with E-state index in [1.165, 1.54) is 17.7 Å². The summed E-state index contributed by atoms with van der Waals surface area (Å²) < 4.78 is 43.7. The molecule has 7 heteroatoms. The molecule has 28 heavy (non-hydrogen) atoms. The Balaban J connectivity index is 1.88. The van der Waals surface area contributed by atoms with Gasteiger partial charge in [-0.1, -0.05) is 49.2 Å². The molecular weight excluding hydrogens is 389 g/mol. The lowest BCUT2D eigenvalue weighted by atomic mass is 10.0. The Labute approximate surface area is 166 Å². The van der Waals surface area contributed by atoms with Crippen molar-refractivity contribution in [2.75, 3.05) is 0 Å². The zero-order chi connectivity index (χ0) is 20.1. The third kappa shape index (κ3) is 4.62. The van der Waals surface area contributed by atoms with Gasteiger partial charge in [-0.05, 0) is 36.1 Å². The van der Waals surface area contributed by atoms with Crippen molar-refractivity contribution in [1.29, 1.82) is 0 Å². The number of benzene rings is 2. The van der Waals surface area contributed by atoms with E-state index >= 15 is 0 Å². The molecule has 3 aromatic rings. The summed E-state index contributed by atoms with van der Waals surface area (Å²) in [4.78, 5) is 8.38. The molecule has 0 N–H and O–H groups in total. The van der Waals surface area contributed by atoms with Crippen molar-refractivity contribution >= 4 is 11.6 Å². The van der Waals surface area contributed by atoms with Gasteiger partial charge in [-0.3, -0.25) is 0 Å². The third-order valence-electron chi connectivity index (χ3n) is 4.26. The van der Waals surface area contributed by atoms with E-state index < -0.39 is 18.2 Å². The minimum absolute atomic E-state index is 0.00339. The van der Waals surface area contributed by atoms with Crippen LogP contribution in [0.25, 0.3) is 22.5 Å². The fraction of sp³-hybridized carbons (Fsp3) is 0.238. The Kier molecular flexibility index (Phi) is 6.52. The van der Waals surface area contributed by atoms with Gasteiger partial charge < -0.3 is 4.74 Å². The molecular formula is C21H18ClF3N2O. The molecule has 0 saturated carbocycles. The van der Waals surface area contributed by atoms with Gasteiger partial charge in [-0.15, -0.1) is 0 Å². The highest BCUT2D eigenvalue weighted by Gasteiger charge is 2.20. The van der Waals surface area contributed by atoms with Gasteiger partial charge in [0.15, 0.2) is 17.4 Å². The average Bonchev–Trinajstić information content (AvgIpc) is 2.70. The first kappa shape index (κ1) is 20.1. The quantitative estimate of drug-likeness (QED) is 0.446. The second-order valence-electron chi connectivity index (χ2n) is 6.21. The van der Waals surface area contributed by atoms with Gasteiger partial charge in [0.1, 0.15) is 0 Å². The normalized spacial score (nSPS) is 11.1. The SMILES string of the molecule is CCCCc1ccc(-c2cnc(-c3ccc(Cl)c(F)c3OC(F)F)nc2)cc1. The molecule has 0 bridgehead atoms. The Bertz CT molecular complexity index is 932. The zero-order valence-corrected chi connectivity index (χ0v) is 15.9. The van der Waals surface area contributed by atoms with Gasteiger partial charge in [0.25, 0.3) is 0 Å². The van der Waals surface area contributed by atoms with Crippen LogP contribution in [0.5, 0.6) is 5.75 Å². The lowest BCUT2D eigenvalue weighted by molar-refractivity contribution is -0.0517. The molecule has 0 radical (unpaired) electrons. The second-order valence-corrected chi connectivity index (χ2v) is 6.62. The summed E-state index contributed by atoms with van der Waals surface area (Å²) in [5.41, 5.74) is 2.95. The van der Waals surface area contributed by atoms with Gasteiger partial charge in [-0.25, -0.2) is 14.4 Å². The molecule has 0 aliphatic rings. The van der Waals surface area contributed by atoms with Crippen molar-refractivity contribution in [1.82, 2.24) is 9.97 Å². The number of rotatable bonds is 7. The first-order valence-electron chi connectivity index (χ1n) is 8.84. The van der Waals surface area contributed by atoms with E-state index in [2.05, 4.69) is 33.8 Å². The number of alkyl halides is 2. The maximum atomic E-state index is 14.1. The average molecular weight is 407 g/mol. The number of ether oxygens (including phenoxy) is 1. The topological polar surface area (TPSA) is 35.0 Å². The van der Waals surface area contributed by atoms with E-state index in [9.17, 15) is 13.2 Å². The number of aromatic nitrogens is 2. The largest absolute Gasteiger partial charge is 0.431 e. The molecule has 0 saturated heterocycles. The molecule has 0 amide bonds. The summed E-state index contributed by atoms with van der Waals surface area (Å²) >= 11 is 5.67. The predicted molar refractivity (Wildman–Crippen MR) is 103 cm³/mol. The van der Waals surface area contributed by atoms with Gasteiger partial charge >= 0.3 is 6.61 Å². The van der Waals surface area contributed by atoms with E-state index in [1.54, 1.807) is 12.4 Å². The van der Waals surface area contributed by atoms with E-state index in [0.717, 1.165) is 30.4 Å². The highest BCUT2D eigenvalue weighted by molar-refractivity contribution is 6.31. The van der Waals surface area contributed by atoms with E-state index in [0.29, 0.717) is 0 Å². The lowest BCUT2D eigenvalue weighted by Gasteiger charge is -2.12. The molecule has 2 aromatic carbocycles. The standard InChI is InChI=1S/C21H18ClF3N2O/c1-2-3-4-13-5-7-14(8-6-13)15-11-26-20(27-12-15)16-9-10-17(22)18(23)19(16)28-21(24)25/h5-12,21H,2-4H2,1H3. The molecule has 1 heterocycles. The summed E-state index contributed by atoms with van der Waals surface area (Å²) in [6, 6.07) is 10.7. The molecule has 0 fully saturated rings. The molecule has 1 aromatic heterocycles. The summed E-state index contributed by atoms with van der Waals surface area (Å²) in [6.07, 6.45) is 6.42. The Morgan fingerprint density at radius 1 is 1.00 bits per heavy atom. The second kappa shape index (κ2) is 9.06. The fourth-order valence-electron chi connectivity index (χ4n) is 2.77. The minimum Gasteiger partial charge on any atom is -0.431 e. The summed E-state index contributed by atoms with van der Waals surface area (Å²) in [5.74, 6) is -1.68. The van der Waals surface area contributed by atoms with Crippen molar-refractivity contribution in [2.45, 2.75) is 32.8 Å². The number of unbranched alkanes of at least 4 members (excludes halogenated alkanes) is 1. The van der Waals surface area contributed by atoms with Crippen LogP contribution in [0.1, 0.15) is 25.3 Å². The first-order valence-corrected chi connectivity index (χ1v) is 9.22. The molecule has 0 atom stereocenters. The van der Waals surface area contributed by atoms with Crippen LogP contribution < -0.4 is 4.74 Å². The lowest BCUT2D eigenvalue weighted by Crippen LogP contribution is -2.06. The Hall–Kier alpha value is -2.60. The van der Waals surface area contributed by atoms with Crippen LogP contribution in [0.3, 0.4) is 0 Å². The van der Waals surface area contributed by atoms with Crippen molar-refractivity contribution in [3.8, 4) is 28.3 Å². The highest BCUT2D eigenvalue weighted by atomic mass is 35.5. The monoisotopic (exact) mass is 406 g/mol. The highest BCUT2D eigenvalue weighted by Crippen LogP contribution is 2.35. The maximum Gasteiger partial charge on any atom is 0.387 e. The number of nitrogens with zero attached hydrogens (tertiary/aromatic N) is 2. The molecule has 3 rings (SSSR count). The van der Waals surface area contributed by atoms with Crippen LogP contribution in [0.15, 0.2) is 48.8 Å². The van der Waals surface area contributed by atoms with Gasteiger partial charge in [0.2, 0.25) is 0 Å². The third-order valence-corrected chi connectivity index (χ3v) is 4.55. The minimum atomic E-state index is -3.20. The Morgan fingerprint density at radius 3 is 2.29 bits per heavy atom. The molecule has 0 unspecified atom stereocenters. The first-order chi connectivity index (χ1) is 13.5. The Morgan fingerprint density at radius 2 is 1.68 bits per heavy atom. The number of hydrogen-bond donors (Lipinski definition) is 0. The zero-order valence-electron chi connectivity index (χ0n) is 15.1. The van der Waals surface area contributed by atoms with Crippen LogP contribution in [0.2, 0.25) is 5.02 Å². The fourth-order valence-corrected chi connectivity index (χ4v) is 2.92. The smallest absolute Gasteiger partial charge is 0.387 e. The van der Waals surface area contributed by atoms with Gasteiger partial charge in [0, 0.05) is 18.0 Å². The predicted octanol–water partition coefficient (Wildman–Crippen LogP) is 6.55. The van der Waals surface area contributed by atoms with Crippen molar-refractivity contribution in [3.05, 3.63) is 65.2 Å². The maximum absolute atomic E-state index is 14.1. The van der Waals surface area contributed by atoms with Crippen LogP contribution >= 0.6 is 11.6 Å². The van der Waals surface area contributed by atoms with Gasteiger partial charge in [-0.2, -0.15) is 8.78 Å². The summed E-state index contributed by atoms with van der Waals surface area (Å²) in [7, 11) is 0. The van der Waals surface area contributed by atoms with Crippen LogP contribution in [-0.2, 0) is 6.42 Å². The molecule has 0 aliphatic carbocycles. The molecule has 0 aliphatic heterocycles. The van der Waals surface area contributed by atoms with Crippen molar-refractivity contribution in [2.24, 2.45) is 0 Å². The van der Waals surface area contributed by atoms with Crippen molar-refractivity contribution in [3.63, 3.8) is 0 Å². The summed E-state index contributed by atoms with van der Waals surface area (Å²) in [6.45, 7) is -1.05. The van der Waals surface area contributed by atoms with Crippen LogP contribution in [-0.4, -0.2) is 16.6 Å². The van der Waals surface area contributed by atoms with E-state index in [1.807, 2.05) is 12.1 Å². The molecule has 3 nitrogen and oxygen atoms in total. The molecule has 146 valence electrons. The molecule has 0 spiro atoms. The van der Waals surface area contributed by atoms with Crippen LogP contribution in [0.4, 0.5) is 13.2 Å². The van der Waals surface area contributed by atoms with E-state index in [-0.39, 0.29) is 16.4 Å². The number of hydrogen-bond acceptors (Lipinski definition) is 3. The van der Waals surface area contributed by atoms with Gasteiger partial charge in [0.05, 0.1) is 10.6 Å². The number of halogens is 4.